The number of hydrogen-bond donors (Lipinski definition) is 1. The van der Waals surface area contributed by atoms with Crippen LogP contribution in [0.5, 0.6) is 17.4 Å². The van der Waals surface area contributed by atoms with Gasteiger partial charge in [-0.3, -0.25) is 10.3 Å². The molecule has 1 aliphatic heterocycles. The second kappa shape index (κ2) is 9.95. The monoisotopic (exact) mass is 546 g/mol. The zero-order chi connectivity index (χ0) is 27.1. The number of rotatable bonds is 5. The molecule has 1 amide bonds. The van der Waals surface area contributed by atoms with E-state index in [9.17, 15) is 4.79 Å². The zero-order valence-corrected chi connectivity index (χ0v) is 22.0. The summed E-state index contributed by atoms with van der Waals surface area (Å²) in [5.74, 6) is 1.92. The highest BCUT2D eigenvalue weighted by atomic mass is 35.5. The van der Waals surface area contributed by atoms with Crippen LogP contribution in [0.25, 0.3) is 33.3 Å². The molecule has 39 heavy (non-hydrogen) atoms. The molecular formula is C28H23ClN4O6. The van der Waals surface area contributed by atoms with Crippen LogP contribution in [0.2, 0.25) is 5.02 Å². The number of carbonyl (C=O) groups is 1. The number of amides is 1. The minimum atomic E-state index is -0.603. The van der Waals surface area contributed by atoms with E-state index in [1.54, 1.807) is 37.7 Å². The highest BCUT2D eigenvalue weighted by Gasteiger charge is 2.28. The number of hydrogen-bond acceptors (Lipinski definition) is 9. The largest absolute Gasteiger partial charge is 0.485 e. The molecule has 1 aliphatic rings. The van der Waals surface area contributed by atoms with Gasteiger partial charge in [-0.2, -0.15) is 0 Å². The fraction of sp³-hybridized carbons (Fsp3) is 0.214. The minimum absolute atomic E-state index is 0.0148. The highest BCUT2D eigenvalue weighted by molar-refractivity contribution is 6.35. The van der Waals surface area contributed by atoms with Crippen molar-refractivity contribution in [1.29, 1.82) is 0 Å². The van der Waals surface area contributed by atoms with Crippen molar-refractivity contribution in [3.63, 3.8) is 0 Å². The number of carbonyl (C=O) groups excluding carboxylic acids is 1. The van der Waals surface area contributed by atoms with Gasteiger partial charge in [-0.25, -0.2) is 14.8 Å². The maximum atomic E-state index is 12.2. The number of aryl methyl sites for hydroxylation is 2. The van der Waals surface area contributed by atoms with E-state index in [-0.39, 0.29) is 13.2 Å². The molecule has 3 aromatic heterocycles. The maximum absolute atomic E-state index is 12.2. The Morgan fingerprint density at radius 2 is 2.05 bits per heavy atom. The van der Waals surface area contributed by atoms with Crippen molar-refractivity contribution in [3.05, 3.63) is 65.1 Å². The number of nitrogens with zero attached hydrogens (tertiary/aromatic N) is 3. The van der Waals surface area contributed by atoms with Gasteiger partial charge in [0.25, 0.3) is 0 Å². The predicted molar refractivity (Wildman–Crippen MR) is 145 cm³/mol. The fourth-order valence-corrected chi connectivity index (χ4v) is 4.68. The second-order valence-electron chi connectivity index (χ2n) is 9.09. The van der Waals surface area contributed by atoms with Gasteiger partial charge in [0.15, 0.2) is 23.2 Å². The Morgan fingerprint density at radius 3 is 2.87 bits per heavy atom. The maximum Gasteiger partial charge on any atom is 0.411 e. The van der Waals surface area contributed by atoms with Crippen LogP contribution >= 0.6 is 11.6 Å². The van der Waals surface area contributed by atoms with Crippen molar-refractivity contribution in [2.45, 2.75) is 20.0 Å². The molecule has 198 valence electrons. The topological polar surface area (TPSA) is 118 Å². The molecule has 0 unspecified atom stereocenters. The molecule has 6 rings (SSSR count). The molecule has 2 aromatic carbocycles. The fourth-order valence-electron chi connectivity index (χ4n) is 4.44. The molecule has 0 saturated carbocycles. The normalized spacial score (nSPS) is 14.4. The van der Waals surface area contributed by atoms with Crippen molar-refractivity contribution in [1.82, 2.24) is 15.0 Å². The molecule has 4 heterocycles. The number of nitrogens with one attached hydrogen (secondary N) is 1. The Hall–Kier alpha value is -4.57. The molecule has 0 spiro atoms. The van der Waals surface area contributed by atoms with E-state index in [1.165, 1.54) is 0 Å². The lowest BCUT2D eigenvalue weighted by molar-refractivity contribution is 0.0382. The molecule has 10 nitrogen and oxygen atoms in total. The van der Waals surface area contributed by atoms with Gasteiger partial charge in [0, 0.05) is 29.2 Å². The number of anilines is 1. The van der Waals surface area contributed by atoms with Crippen LogP contribution in [0.4, 0.5) is 10.5 Å². The van der Waals surface area contributed by atoms with Crippen LogP contribution in [0.3, 0.4) is 0 Å². The van der Waals surface area contributed by atoms with Crippen LogP contribution in [0, 0.1) is 13.8 Å². The number of furan rings is 1. The first-order chi connectivity index (χ1) is 18.9. The first-order valence-electron chi connectivity index (χ1n) is 12.1. The summed E-state index contributed by atoms with van der Waals surface area (Å²) in [5, 5.41) is 3.69. The van der Waals surface area contributed by atoms with E-state index in [4.69, 9.17) is 35.0 Å². The Morgan fingerprint density at radius 1 is 1.18 bits per heavy atom. The Balaban J connectivity index is 1.24. The summed E-state index contributed by atoms with van der Waals surface area (Å²) < 4.78 is 28.9. The van der Waals surface area contributed by atoms with Gasteiger partial charge in [0.2, 0.25) is 5.88 Å². The molecule has 5 aromatic rings. The third kappa shape index (κ3) is 4.86. The van der Waals surface area contributed by atoms with E-state index in [2.05, 4.69) is 20.3 Å². The highest BCUT2D eigenvalue weighted by Crippen LogP contribution is 2.46. The van der Waals surface area contributed by atoms with Crippen molar-refractivity contribution in [2.75, 3.05) is 25.6 Å². The van der Waals surface area contributed by atoms with Crippen LogP contribution in [-0.2, 0) is 4.74 Å². The first-order valence-corrected chi connectivity index (χ1v) is 12.5. The average molecular weight is 547 g/mol. The van der Waals surface area contributed by atoms with E-state index >= 15 is 0 Å². The Labute approximate surface area is 227 Å². The van der Waals surface area contributed by atoms with Gasteiger partial charge in [-0.15, -0.1) is 0 Å². The quantitative estimate of drug-likeness (QED) is 0.278. The number of fused-ring (bicyclic) bond motifs is 4. The lowest BCUT2D eigenvalue weighted by atomic mass is 10.1. The minimum Gasteiger partial charge on any atom is -0.485 e. The summed E-state index contributed by atoms with van der Waals surface area (Å²) in [6, 6.07) is 10.8. The van der Waals surface area contributed by atoms with Crippen LogP contribution in [0.15, 0.2) is 53.2 Å². The first kappa shape index (κ1) is 24.7. The molecule has 1 N–H and O–H groups in total. The van der Waals surface area contributed by atoms with E-state index in [0.717, 1.165) is 16.8 Å². The van der Waals surface area contributed by atoms with Gasteiger partial charge >= 0.3 is 6.09 Å². The summed E-state index contributed by atoms with van der Waals surface area (Å²) >= 11 is 6.59. The SMILES string of the molecule is COc1cnc2c(-c3cc4c5c(cc(Cl)c4o3)O[C@@H](COC(=O)Nc3ccnc(C)c3)CO5)cc(C)cc2n1. The van der Waals surface area contributed by atoms with Gasteiger partial charge < -0.3 is 23.4 Å². The van der Waals surface area contributed by atoms with Crippen LogP contribution < -0.4 is 19.5 Å². The smallest absolute Gasteiger partial charge is 0.411 e. The van der Waals surface area contributed by atoms with E-state index in [1.807, 2.05) is 32.0 Å². The molecule has 1 atom stereocenters. The number of methoxy groups -OCH3 is 1. The third-order valence-electron chi connectivity index (χ3n) is 6.17. The van der Waals surface area contributed by atoms with Gasteiger partial charge in [-0.1, -0.05) is 11.6 Å². The molecule has 0 fully saturated rings. The van der Waals surface area contributed by atoms with Crippen LogP contribution in [0.1, 0.15) is 11.3 Å². The molecule has 0 radical (unpaired) electrons. The average Bonchev–Trinajstić information content (AvgIpc) is 3.37. The Bertz CT molecular complexity index is 1740. The summed E-state index contributed by atoms with van der Waals surface area (Å²) in [6.45, 7) is 3.96. The van der Waals surface area contributed by atoms with E-state index in [0.29, 0.717) is 55.9 Å². The lowest BCUT2D eigenvalue weighted by Gasteiger charge is -2.26. The zero-order valence-electron chi connectivity index (χ0n) is 21.3. The lowest BCUT2D eigenvalue weighted by Crippen LogP contribution is -2.35. The van der Waals surface area contributed by atoms with E-state index < -0.39 is 12.2 Å². The molecule has 0 saturated heterocycles. The number of pyridine rings is 1. The molecule has 0 aliphatic carbocycles. The van der Waals surface area contributed by atoms with Crippen molar-refractivity contribution in [3.8, 4) is 28.7 Å². The summed E-state index contributed by atoms with van der Waals surface area (Å²) in [4.78, 5) is 25.4. The second-order valence-corrected chi connectivity index (χ2v) is 9.50. The summed E-state index contributed by atoms with van der Waals surface area (Å²) in [7, 11) is 1.55. The number of halogens is 1. The molecule has 0 bridgehead atoms. The number of benzene rings is 2. The molecule has 11 heteroatoms. The molecular weight excluding hydrogens is 524 g/mol. The predicted octanol–water partition coefficient (Wildman–Crippen LogP) is 6.11. The summed E-state index contributed by atoms with van der Waals surface area (Å²) in [5.41, 5.74) is 4.94. The van der Waals surface area contributed by atoms with Crippen molar-refractivity contribution < 1.29 is 28.2 Å². The number of ether oxygens (including phenoxy) is 4. The third-order valence-corrected chi connectivity index (χ3v) is 6.45. The standard InChI is InChI=1S/C28H23ClN4O6/c1-14-6-18(25-21(7-14)33-24(35-3)11-31-25)22-9-19-26(39-22)20(29)10-23-27(19)36-12-17(38-23)13-37-28(34)32-16-4-5-30-15(2)8-16/h4-11,17H,12-13H2,1-3H3,(H,30,32,34)/t17-/m1/s1. The van der Waals surface area contributed by atoms with Gasteiger partial charge in [0.1, 0.15) is 19.0 Å². The van der Waals surface area contributed by atoms with Crippen molar-refractivity contribution in [2.24, 2.45) is 0 Å². The summed E-state index contributed by atoms with van der Waals surface area (Å²) in [6.07, 6.45) is 2.05. The Kier molecular flexibility index (Phi) is 6.32. The van der Waals surface area contributed by atoms with Gasteiger partial charge in [-0.05, 0) is 49.7 Å². The van der Waals surface area contributed by atoms with Crippen molar-refractivity contribution >= 4 is 45.4 Å². The van der Waals surface area contributed by atoms with Gasteiger partial charge in [0.05, 0.1) is 34.7 Å². The number of aromatic nitrogens is 3. The van der Waals surface area contributed by atoms with Crippen LogP contribution in [-0.4, -0.2) is 47.5 Å².